The lowest BCUT2D eigenvalue weighted by Crippen LogP contribution is -2.12. The highest BCUT2D eigenvalue weighted by Gasteiger charge is 2.17. The Morgan fingerprint density at radius 3 is 2.76 bits per heavy atom. The second-order valence-corrected chi connectivity index (χ2v) is 8.97. The molecule has 4 heterocycles. The second-order valence-electron chi connectivity index (χ2n) is 8.97. The third kappa shape index (κ3) is 4.42. The summed E-state index contributed by atoms with van der Waals surface area (Å²) in [5.74, 6) is 0.656. The number of nitrogens with one attached hydrogen (secondary N) is 3. The fourth-order valence-corrected chi connectivity index (χ4v) is 4.61. The summed E-state index contributed by atoms with van der Waals surface area (Å²) >= 11 is 0. The van der Waals surface area contributed by atoms with E-state index in [9.17, 15) is 5.26 Å². The lowest BCUT2D eigenvalue weighted by atomic mass is 10.1. The van der Waals surface area contributed by atoms with E-state index in [1.807, 2.05) is 42.7 Å². The summed E-state index contributed by atoms with van der Waals surface area (Å²) in [7, 11) is 0. The highest BCUT2D eigenvalue weighted by molar-refractivity contribution is 5.92. The number of hydrogen-bond donors (Lipinski definition) is 3. The number of nitrogens with zero attached hydrogens (tertiary/aromatic N) is 3. The highest BCUT2D eigenvalue weighted by atomic mass is 16.3. The lowest BCUT2D eigenvalue weighted by molar-refractivity contribution is 0.631. The predicted molar refractivity (Wildman–Crippen MR) is 145 cm³/mol. The van der Waals surface area contributed by atoms with Crippen LogP contribution in [0.4, 0.5) is 11.4 Å². The molecule has 7 heteroatoms. The molecule has 0 bridgehead atoms. The van der Waals surface area contributed by atoms with Gasteiger partial charge in [-0.3, -0.25) is 9.97 Å². The fourth-order valence-electron chi connectivity index (χ4n) is 4.61. The molecule has 0 aliphatic heterocycles. The molecular weight excluding hydrogens is 460 g/mol. The number of aromatic amines is 1. The van der Waals surface area contributed by atoms with Gasteiger partial charge in [-0.25, -0.2) is 0 Å². The molecule has 0 saturated heterocycles. The van der Waals surface area contributed by atoms with Crippen molar-refractivity contribution in [2.75, 3.05) is 5.32 Å². The van der Waals surface area contributed by atoms with Gasteiger partial charge in [-0.05, 0) is 66.1 Å². The minimum absolute atomic E-state index is 0.451. The molecule has 0 radical (unpaired) electrons. The SMILES string of the molecule is Cc1c(Nc2c(C#N)cncc2-c2cc3cc(CNCc4cccnc4)ccc3o2)ccc2[nH]ccc12. The first-order chi connectivity index (χ1) is 18.2. The maximum Gasteiger partial charge on any atom is 0.139 e. The standard InChI is InChI=1S/C30H24N6O/c1-19-24-8-10-35-27(24)6-5-26(19)36-30-23(13-31)17-34-18-25(30)29-12-22-11-20(4-7-28(22)37-29)14-33-16-21-3-2-9-32-15-21/h2-12,15,17-18,33,35H,14,16H2,1H3,(H,34,36). The summed E-state index contributed by atoms with van der Waals surface area (Å²) in [5.41, 5.74) is 8.03. The van der Waals surface area contributed by atoms with Gasteiger partial charge in [0.25, 0.3) is 0 Å². The zero-order chi connectivity index (χ0) is 25.2. The Morgan fingerprint density at radius 1 is 0.973 bits per heavy atom. The van der Waals surface area contributed by atoms with Crippen LogP contribution in [0.15, 0.2) is 90.0 Å². The van der Waals surface area contributed by atoms with Crippen molar-refractivity contribution in [1.29, 1.82) is 5.26 Å². The van der Waals surface area contributed by atoms with Gasteiger partial charge in [0.2, 0.25) is 0 Å². The van der Waals surface area contributed by atoms with Crippen LogP contribution in [-0.2, 0) is 13.1 Å². The maximum absolute atomic E-state index is 9.84. The molecule has 180 valence electrons. The van der Waals surface area contributed by atoms with Crippen molar-refractivity contribution < 1.29 is 4.42 Å². The second kappa shape index (κ2) is 9.61. The van der Waals surface area contributed by atoms with E-state index in [2.05, 4.69) is 62.8 Å². The van der Waals surface area contributed by atoms with E-state index in [4.69, 9.17) is 4.42 Å². The molecule has 0 atom stereocenters. The number of anilines is 2. The largest absolute Gasteiger partial charge is 0.456 e. The Kier molecular flexibility index (Phi) is 5.85. The van der Waals surface area contributed by atoms with Crippen LogP contribution >= 0.6 is 0 Å². The van der Waals surface area contributed by atoms with Gasteiger partial charge >= 0.3 is 0 Å². The number of fused-ring (bicyclic) bond motifs is 2. The van der Waals surface area contributed by atoms with Crippen molar-refractivity contribution >= 4 is 33.2 Å². The van der Waals surface area contributed by atoms with Crippen LogP contribution < -0.4 is 10.6 Å². The van der Waals surface area contributed by atoms with Gasteiger partial charge in [0.15, 0.2) is 0 Å². The number of aromatic nitrogens is 3. The van der Waals surface area contributed by atoms with Gasteiger partial charge in [-0.1, -0.05) is 12.1 Å². The number of H-pyrrole nitrogens is 1. The van der Waals surface area contributed by atoms with Gasteiger partial charge < -0.3 is 20.0 Å². The summed E-state index contributed by atoms with van der Waals surface area (Å²) in [6, 6.07) is 20.5. The first-order valence-electron chi connectivity index (χ1n) is 12.0. The van der Waals surface area contributed by atoms with Crippen molar-refractivity contribution in [3.8, 4) is 17.4 Å². The number of pyridine rings is 2. The van der Waals surface area contributed by atoms with Crippen LogP contribution in [0, 0.1) is 18.3 Å². The summed E-state index contributed by atoms with van der Waals surface area (Å²) in [5, 5.41) is 18.9. The minimum Gasteiger partial charge on any atom is -0.456 e. The summed E-state index contributed by atoms with van der Waals surface area (Å²) in [6.07, 6.45) is 8.88. The van der Waals surface area contributed by atoms with Crippen molar-refractivity contribution in [1.82, 2.24) is 20.3 Å². The molecule has 0 aliphatic rings. The quantitative estimate of drug-likeness (QED) is 0.236. The minimum atomic E-state index is 0.451. The molecule has 0 spiro atoms. The van der Waals surface area contributed by atoms with E-state index in [1.165, 1.54) is 0 Å². The van der Waals surface area contributed by atoms with E-state index < -0.39 is 0 Å². The van der Waals surface area contributed by atoms with Crippen molar-refractivity contribution in [2.24, 2.45) is 0 Å². The first-order valence-corrected chi connectivity index (χ1v) is 12.0. The molecule has 2 aromatic carbocycles. The fraction of sp³-hybridized carbons (Fsp3) is 0.100. The molecule has 7 nitrogen and oxygen atoms in total. The third-order valence-corrected chi connectivity index (χ3v) is 6.56. The molecule has 4 aromatic heterocycles. The monoisotopic (exact) mass is 484 g/mol. The zero-order valence-electron chi connectivity index (χ0n) is 20.2. The Morgan fingerprint density at radius 2 is 1.89 bits per heavy atom. The van der Waals surface area contributed by atoms with Crippen LogP contribution in [0.3, 0.4) is 0 Å². The van der Waals surface area contributed by atoms with E-state index in [-0.39, 0.29) is 0 Å². The first kappa shape index (κ1) is 22.5. The smallest absolute Gasteiger partial charge is 0.139 e. The molecule has 6 rings (SSSR count). The van der Waals surface area contributed by atoms with Gasteiger partial charge in [0.1, 0.15) is 17.4 Å². The van der Waals surface area contributed by atoms with E-state index in [0.717, 1.165) is 62.9 Å². The van der Waals surface area contributed by atoms with E-state index in [1.54, 1.807) is 18.6 Å². The van der Waals surface area contributed by atoms with Crippen LogP contribution in [0.25, 0.3) is 33.2 Å². The molecule has 3 N–H and O–H groups in total. The summed E-state index contributed by atoms with van der Waals surface area (Å²) in [6.45, 7) is 3.54. The topological polar surface area (TPSA) is 103 Å². The average molecular weight is 485 g/mol. The third-order valence-electron chi connectivity index (χ3n) is 6.56. The molecule has 37 heavy (non-hydrogen) atoms. The Balaban J connectivity index is 1.31. The molecule has 0 unspecified atom stereocenters. The molecular formula is C30H24N6O. The van der Waals surface area contributed by atoms with Crippen LogP contribution in [0.1, 0.15) is 22.3 Å². The molecule has 0 fully saturated rings. The van der Waals surface area contributed by atoms with Gasteiger partial charge in [0.05, 0.1) is 16.8 Å². The molecule has 0 amide bonds. The number of benzene rings is 2. The molecule has 0 saturated carbocycles. The van der Waals surface area contributed by atoms with Gasteiger partial charge in [0, 0.05) is 66.1 Å². The highest BCUT2D eigenvalue weighted by Crippen LogP contribution is 2.37. The normalized spacial score (nSPS) is 11.1. The van der Waals surface area contributed by atoms with Crippen LogP contribution in [0.2, 0.25) is 0 Å². The van der Waals surface area contributed by atoms with Crippen LogP contribution in [-0.4, -0.2) is 15.0 Å². The van der Waals surface area contributed by atoms with E-state index in [0.29, 0.717) is 17.0 Å². The number of furan rings is 1. The predicted octanol–water partition coefficient (Wildman–Crippen LogP) is 6.58. The number of hydrogen-bond acceptors (Lipinski definition) is 6. The number of aryl methyl sites for hydroxylation is 1. The van der Waals surface area contributed by atoms with Crippen molar-refractivity contribution in [3.05, 3.63) is 108 Å². The zero-order valence-corrected chi connectivity index (χ0v) is 20.2. The average Bonchev–Trinajstić information content (AvgIpc) is 3.58. The van der Waals surface area contributed by atoms with E-state index >= 15 is 0 Å². The lowest BCUT2D eigenvalue weighted by Gasteiger charge is -2.14. The van der Waals surface area contributed by atoms with Crippen molar-refractivity contribution in [2.45, 2.75) is 20.0 Å². The summed E-state index contributed by atoms with van der Waals surface area (Å²) < 4.78 is 6.23. The van der Waals surface area contributed by atoms with Crippen LogP contribution in [0.5, 0.6) is 0 Å². The molecule has 6 aromatic rings. The summed E-state index contributed by atoms with van der Waals surface area (Å²) in [4.78, 5) is 11.7. The maximum atomic E-state index is 9.84. The molecule has 0 aliphatic carbocycles. The van der Waals surface area contributed by atoms with Gasteiger partial charge in [-0.15, -0.1) is 0 Å². The number of rotatable bonds is 7. The Labute approximate surface area is 213 Å². The van der Waals surface area contributed by atoms with Crippen molar-refractivity contribution in [3.63, 3.8) is 0 Å². The Hall–Kier alpha value is -4.93. The van der Waals surface area contributed by atoms with Gasteiger partial charge in [-0.2, -0.15) is 5.26 Å². The number of nitriles is 1. The Bertz CT molecular complexity index is 1760.